The van der Waals surface area contributed by atoms with Gasteiger partial charge in [-0.25, -0.2) is 0 Å². The van der Waals surface area contributed by atoms with Crippen molar-refractivity contribution in [2.24, 2.45) is 0 Å². The van der Waals surface area contributed by atoms with E-state index in [0.29, 0.717) is 11.1 Å². The molecular weight excluding hydrogens is 296 g/mol. The molecule has 0 heterocycles. The molecule has 1 amide bonds. The van der Waals surface area contributed by atoms with Crippen LogP contribution in [0, 0.1) is 11.3 Å². The molecule has 0 aliphatic heterocycles. The Morgan fingerprint density at radius 2 is 2.05 bits per heavy atom. The molecule has 0 aliphatic carbocycles. The van der Waals surface area contributed by atoms with Gasteiger partial charge in [0.15, 0.2) is 0 Å². The lowest BCUT2D eigenvalue weighted by atomic mass is 10.1. The summed E-state index contributed by atoms with van der Waals surface area (Å²) in [5.41, 5.74) is 1.59. The number of amides is 1. The van der Waals surface area contributed by atoms with Gasteiger partial charge >= 0.3 is 0 Å². The number of hydrogen-bond donors (Lipinski definition) is 2. The fourth-order valence-corrected chi connectivity index (χ4v) is 2.37. The smallest absolute Gasteiger partial charge is 0.251 e. The van der Waals surface area contributed by atoms with Gasteiger partial charge in [0.2, 0.25) is 0 Å². The maximum absolute atomic E-state index is 12.0. The molecule has 0 radical (unpaired) electrons. The molecule has 2 aromatic rings. The highest BCUT2D eigenvalue weighted by Crippen LogP contribution is 2.18. The number of carbonyl (C=O) groups is 1. The number of hydrogen-bond acceptors (Lipinski definition) is 4. The van der Waals surface area contributed by atoms with Crippen LogP contribution in [0.25, 0.3) is 0 Å². The van der Waals surface area contributed by atoms with Gasteiger partial charge in [-0.15, -0.1) is 11.8 Å². The second-order valence-corrected chi connectivity index (χ2v) is 5.57. The molecule has 5 heteroatoms. The number of nitrogens with one attached hydrogen (secondary N) is 1. The summed E-state index contributed by atoms with van der Waals surface area (Å²) in [6, 6.07) is 16.0. The lowest BCUT2D eigenvalue weighted by Gasteiger charge is -2.13. The van der Waals surface area contributed by atoms with E-state index < -0.39 is 6.10 Å². The average molecular weight is 312 g/mol. The first-order valence-electron chi connectivity index (χ1n) is 6.74. The number of aliphatic hydroxyl groups excluding tert-OH is 1. The maximum atomic E-state index is 12.0. The number of rotatable bonds is 5. The van der Waals surface area contributed by atoms with Gasteiger partial charge in [0, 0.05) is 17.0 Å². The van der Waals surface area contributed by atoms with Crippen molar-refractivity contribution in [2.45, 2.75) is 11.0 Å². The molecule has 4 nitrogen and oxygen atoms in total. The van der Waals surface area contributed by atoms with Crippen LogP contribution in [0.3, 0.4) is 0 Å². The van der Waals surface area contributed by atoms with Gasteiger partial charge in [0.05, 0.1) is 17.7 Å². The summed E-state index contributed by atoms with van der Waals surface area (Å²) >= 11 is 1.63. The first-order valence-corrected chi connectivity index (χ1v) is 7.97. The largest absolute Gasteiger partial charge is 0.387 e. The predicted octanol–water partition coefficient (Wildman–Crippen LogP) is 2.74. The molecule has 1 unspecified atom stereocenters. The predicted molar refractivity (Wildman–Crippen MR) is 86.7 cm³/mol. The van der Waals surface area contributed by atoms with Gasteiger partial charge in [0.1, 0.15) is 0 Å². The van der Waals surface area contributed by atoms with E-state index in [4.69, 9.17) is 5.26 Å². The molecule has 2 rings (SSSR count). The van der Waals surface area contributed by atoms with Crippen LogP contribution in [0.1, 0.15) is 27.6 Å². The molecule has 0 aromatic heterocycles. The molecule has 0 spiro atoms. The molecule has 1 atom stereocenters. The SMILES string of the molecule is CSc1ccc(C(O)CNC(=O)c2cccc(C#N)c2)cc1. The third-order valence-electron chi connectivity index (χ3n) is 3.21. The molecule has 0 aliphatic rings. The highest BCUT2D eigenvalue weighted by molar-refractivity contribution is 7.98. The normalized spacial score (nSPS) is 11.5. The van der Waals surface area contributed by atoms with Crippen LogP contribution in [0.2, 0.25) is 0 Å². The van der Waals surface area contributed by atoms with Crippen molar-refractivity contribution in [3.63, 3.8) is 0 Å². The first-order chi connectivity index (χ1) is 10.6. The van der Waals surface area contributed by atoms with Crippen molar-refractivity contribution in [3.05, 3.63) is 65.2 Å². The van der Waals surface area contributed by atoms with Crippen molar-refractivity contribution in [2.75, 3.05) is 12.8 Å². The van der Waals surface area contributed by atoms with Crippen molar-refractivity contribution in [1.29, 1.82) is 5.26 Å². The third-order valence-corrected chi connectivity index (χ3v) is 3.95. The summed E-state index contributed by atoms with van der Waals surface area (Å²) in [6.07, 6.45) is 1.22. The molecule has 0 fully saturated rings. The van der Waals surface area contributed by atoms with E-state index in [-0.39, 0.29) is 12.5 Å². The van der Waals surface area contributed by atoms with Crippen LogP contribution in [0.15, 0.2) is 53.4 Å². The Morgan fingerprint density at radius 1 is 1.32 bits per heavy atom. The minimum Gasteiger partial charge on any atom is -0.387 e. The van der Waals surface area contributed by atoms with Crippen molar-refractivity contribution in [1.82, 2.24) is 5.32 Å². The minimum atomic E-state index is -0.765. The van der Waals surface area contributed by atoms with Crippen LogP contribution in [0.4, 0.5) is 0 Å². The van der Waals surface area contributed by atoms with Crippen molar-refractivity contribution < 1.29 is 9.90 Å². The van der Waals surface area contributed by atoms with Gasteiger partial charge in [0.25, 0.3) is 5.91 Å². The summed E-state index contributed by atoms with van der Waals surface area (Å²) in [4.78, 5) is 13.1. The van der Waals surface area contributed by atoms with Crippen LogP contribution >= 0.6 is 11.8 Å². The number of nitrogens with zero attached hydrogens (tertiary/aromatic N) is 1. The zero-order valence-corrected chi connectivity index (χ0v) is 12.9. The summed E-state index contributed by atoms with van der Waals surface area (Å²) < 4.78 is 0. The Kier molecular flexibility index (Phi) is 5.59. The second-order valence-electron chi connectivity index (χ2n) is 4.69. The molecule has 0 saturated carbocycles. The van der Waals surface area contributed by atoms with Crippen LogP contribution < -0.4 is 5.32 Å². The fourth-order valence-electron chi connectivity index (χ4n) is 1.97. The molecule has 0 bridgehead atoms. The summed E-state index contributed by atoms with van der Waals surface area (Å²) in [5, 5.41) is 21.6. The van der Waals surface area contributed by atoms with Crippen molar-refractivity contribution in [3.8, 4) is 6.07 Å². The highest BCUT2D eigenvalue weighted by atomic mass is 32.2. The van der Waals surface area contributed by atoms with Gasteiger partial charge in [-0.3, -0.25) is 4.79 Å². The molecule has 0 saturated heterocycles. The Labute approximate surface area is 133 Å². The quantitative estimate of drug-likeness (QED) is 0.833. The lowest BCUT2D eigenvalue weighted by molar-refractivity contribution is 0.0916. The van der Waals surface area contributed by atoms with E-state index in [1.165, 1.54) is 6.07 Å². The van der Waals surface area contributed by atoms with E-state index in [1.54, 1.807) is 30.0 Å². The number of thioether (sulfide) groups is 1. The number of carbonyl (C=O) groups excluding carboxylic acids is 1. The number of benzene rings is 2. The Hall–Kier alpha value is -2.29. The van der Waals surface area contributed by atoms with E-state index in [9.17, 15) is 9.90 Å². The van der Waals surface area contributed by atoms with E-state index in [0.717, 1.165) is 10.5 Å². The molecule has 22 heavy (non-hydrogen) atoms. The molecule has 2 aromatic carbocycles. The standard InChI is InChI=1S/C17H16N2O2S/c1-22-15-7-5-13(6-8-15)16(20)11-19-17(21)14-4-2-3-12(9-14)10-18/h2-9,16,20H,11H2,1H3,(H,19,21). The molecule has 2 N–H and O–H groups in total. The second kappa shape index (κ2) is 7.64. The lowest BCUT2D eigenvalue weighted by Crippen LogP contribution is -2.28. The van der Waals surface area contributed by atoms with Crippen molar-refractivity contribution >= 4 is 17.7 Å². The number of nitriles is 1. The Bertz CT molecular complexity index is 693. The fraction of sp³-hybridized carbons (Fsp3) is 0.176. The topological polar surface area (TPSA) is 73.1 Å². The zero-order chi connectivity index (χ0) is 15.9. The van der Waals surface area contributed by atoms with Gasteiger partial charge in [-0.05, 0) is 42.2 Å². The van der Waals surface area contributed by atoms with E-state index in [1.807, 2.05) is 36.6 Å². The highest BCUT2D eigenvalue weighted by Gasteiger charge is 2.11. The van der Waals surface area contributed by atoms with Crippen LogP contribution in [-0.4, -0.2) is 23.8 Å². The van der Waals surface area contributed by atoms with Crippen LogP contribution in [-0.2, 0) is 0 Å². The Morgan fingerprint density at radius 3 is 2.68 bits per heavy atom. The maximum Gasteiger partial charge on any atom is 0.251 e. The van der Waals surface area contributed by atoms with Gasteiger partial charge in [-0.2, -0.15) is 5.26 Å². The third kappa shape index (κ3) is 4.10. The first kappa shape index (κ1) is 16.1. The monoisotopic (exact) mass is 312 g/mol. The summed E-state index contributed by atoms with van der Waals surface area (Å²) in [5.74, 6) is -0.308. The molecular formula is C17H16N2O2S. The van der Waals surface area contributed by atoms with Crippen LogP contribution in [0.5, 0.6) is 0 Å². The van der Waals surface area contributed by atoms with Gasteiger partial charge < -0.3 is 10.4 Å². The summed E-state index contributed by atoms with van der Waals surface area (Å²) in [7, 11) is 0. The number of aliphatic hydroxyl groups is 1. The zero-order valence-electron chi connectivity index (χ0n) is 12.1. The average Bonchev–Trinajstić information content (AvgIpc) is 2.59. The van der Waals surface area contributed by atoms with E-state index in [2.05, 4.69) is 5.32 Å². The Balaban J connectivity index is 1.96. The summed E-state index contributed by atoms with van der Waals surface area (Å²) in [6.45, 7) is 0.119. The van der Waals surface area contributed by atoms with Gasteiger partial charge in [-0.1, -0.05) is 18.2 Å². The minimum absolute atomic E-state index is 0.119. The molecule has 112 valence electrons. The van der Waals surface area contributed by atoms with E-state index >= 15 is 0 Å².